The first-order chi connectivity index (χ1) is 18.6. The van der Waals surface area contributed by atoms with Crippen LogP contribution in [0.15, 0.2) is 40.3 Å². The van der Waals surface area contributed by atoms with E-state index in [0.717, 1.165) is 6.20 Å². The van der Waals surface area contributed by atoms with Crippen LogP contribution < -0.4 is 4.72 Å². The quantitative estimate of drug-likeness (QED) is 0.309. The number of hydrogen-bond donors (Lipinski definition) is 1. The fourth-order valence-electron chi connectivity index (χ4n) is 3.98. The average Bonchev–Trinajstić information content (AvgIpc) is 3.30. The molecule has 0 spiro atoms. The zero-order chi connectivity index (χ0) is 29.3. The molecule has 0 unspecified atom stereocenters. The number of hydrogen-bond acceptors (Lipinski definition) is 9. The van der Waals surface area contributed by atoms with Gasteiger partial charge in [-0.25, -0.2) is 23.4 Å². The molecule has 5 rings (SSSR count). The number of nitrogens with one attached hydrogen (secondary N) is 1. The number of sulfonamides is 1. The van der Waals surface area contributed by atoms with Crippen molar-refractivity contribution in [2.24, 2.45) is 7.05 Å². The molecule has 3 aromatic heterocycles. The van der Waals surface area contributed by atoms with Crippen LogP contribution in [0.25, 0.3) is 37.7 Å². The van der Waals surface area contributed by atoms with Gasteiger partial charge < -0.3 is 0 Å². The number of nitrogens with zero attached hydrogens (tertiary/aromatic N) is 6. The summed E-state index contributed by atoms with van der Waals surface area (Å²) in [6.07, 6.45) is -2.90. The van der Waals surface area contributed by atoms with E-state index < -0.39 is 42.0 Å². The van der Waals surface area contributed by atoms with Crippen LogP contribution >= 0.6 is 11.3 Å². The third-order valence-electron chi connectivity index (χ3n) is 6.32. The van der Waals surface area contributed by atoms with Crippen LogP contribution in [0.3, 0.4) is 0 Å². The smallest absolute Gasteiger partial charge is 0.292 e. The van der Waals surface area contributed by atoms with E-state index in [0.29, 0.717) is 18.4 Å². The number of aryl methyl sites for hydroxylation is 1. The first kappa shape index (κ1) is 28.1. The van der Waals surface area contributed by atoms with Crippen molar-refractivity contribution in [3.8, 4) is 22.0 Å². The van der Waals surface area contributed by atoms with Crippen molar-refractivity contribution in [1.82, 2.24) is 29.7 Å². The summed E-state index contributed by atoms with van der Waals surface area (Å²) in [5.41, 5.74) is -0.553. The highest BCUT2D eigenvalue weighted by atomic mass is 32.2. The van der Waals surface area contributed by atoms with Gasteiger partial charge in [0.1, 0.15) is 5.69 Å². The fourth-order valence-corrected chi connectivity index (χ4v) is 7.10. The summed E-state index contributed by atoms with van der Waals surface area (Å²) in [7, 11) is -6.40. The lowest BCUT2D eigenvalue weighted by Crippen LogP contribution is -2.34. The van der Waals surface area contributed by atoms with Gasteiger partial charge in [-0.2, -0.15) is 18.3 Å². The van der Waals surface area contributed by atoms with Gasteiger partial charge in [-0.15, -0.1) is 14.9 Å². The Morgan fingerprint density at radius 3 is 2.35 bits per heavy atom. The monoisotopic (exact) mass is 611 g/mol. The molecule has 1 aromatic carbocycles. The standard InChI is InChI=1S/C23H20F3N7O4S3/c1-12(2)39(34,35)13-5-6-17(28-11-13)15-9-14(40(36,37)32-22(27-3)7-8-22)10-16-18(31-33(4)19(15)16)20-29-30-21(38-20)23(24,25)26/h5-6,9-12,32H,7-8H2,1-2,4H3. The van der Waals surface area contributed by atoms with E-state index in [9.17, 15) is 30.0 Å². The van der Waals surface area contributed by atoms with Gasteiger partial charge in [-0.05, 0) is 38.1 Å². The van der Waals surface area contributed by atoms with Crippen molar-refractivity contribution in [3.63, 3.8) is 0 Å². The summed E-state index contributed by atoms with van der Waals surface area (Å²) in [4.78, 5) is 7.35. The zero-order valence-corrected chi connectivity index (χ0v) is 23.5. The Bertz CT molecular complexity index is 1900. The number of benzene rings is 1. The largest absolute Gasteiger partial charge is 0.445 e. The van der Waals surface area contributed by atoms with Crippen LogP contribution in [0.1, 0.15) is 31.7 Å². The van der Waals surface area contributed by atoms with Gasteiger partial charge in [0.05, 0.1) is 39.1 Å². The highest BCUT2D eigenvalue weighted by molar-refractivity contribution is 7.92. The molecule has 1 aliphatic rings. The molecule has 0 saturated heterocycles. The van der Waals surface area contributed by atoms with Gasteiger partial charge in [0, 0.05) is 24.2 Å². The number of halogens is 3. The number of sulfone groups is 1. The molecule has 0 bridgehead atoms. The fraction of sp³-hybridized carbons (Fsp3) is 0.348. The molecule has 0 atom stereocenters. The lowest BCUT2D eigenvalue weighted by molar-refractivity contribution is -0.138. The van der Waals surface area contributed by atoms with Crippen molar-refractivity contribution in [1.29, 1.82) is 0 Å². The lowest BCUT2D eigenvalue weighted by Gasteiger charge is -2.12. The molecule has 11 nitrogen and oxygen atoms in total. The SMILES string of the molecule is [C-]#[N+]C1(NS(=O)(=O)c2cc(-c3ccc(S(=O)(=O)C(C)C)cn3)c3c(c2)c(-c2nnc(C(F)(F)F)s2)nn3C)CC1. The second-order valence-corrected chi connectivity index (χ2v) is 14.6. The highest BCUT2D eigenvalue weighted by Gasteiger charge is 2.54. The minimum absolute atomic E-state index is 0.0279. The van der Waals surface area contributed by atoms with E-state index in [1.54, 1.807) is 0 Å². The molecule has 1 aliphatic carbocycles. The van der Waals surface area contributed by atoms with Gasteiger partial charge in [0.25, 0.3) is 5.66 Å². The van der Waals surface area contributed by atoms with E-state index in [2.05, 4.69) is 29.8 Å². The minimum atomic E-state index is -4.73. The van der Waals surface area contributed by atoms with Gasteiger partial charge >= 0.3 is 6.18 Å². The Morgan fingerprint density at radius 2 is 1.82 bits per heavy atom. The number of fused-ring (bicyclic) bond motifs is 1. The highest BCUT2D eigenvalue weighted by Crippen LogP contribution is 2.42. The number of rotatable bonds is 7. The summed E-state index contributed by atoms with van der Waals surface area (Å²) in [6, 6.07) is 5.31. The van der Waals surface area contributed by atoms with Crippen LogP contribution in [0, 0.1) is 6.57 Å². The topological polar surface area (TPSA) is 141 Å². The van der Waals surface area contributed by atoms with E-state index in [-0.39, 0.29) is 48.5 Å². The first-order valence-corrected chi connectivity index (χ1v) is 15.5. The number of pyridine rings is 1. The van der Waals surface area contributed by atoms with Crippen LogP contribution in [-0.4, -0.2) is 52.7 Å². The van der Waals surface area contributed by atoms with Crippen molar-refractivity contribution < 1.29 is 30.0 Å². The summed E-state index contributed by atoms with van der Waals surface area (Å²) < 4.78 is 95.3. The maximum atomic E-state index is 13.4. The summed E-state index contributed by atoms with van der Waals surface area (Å²) in [5.74, 6) is 0. The Labute approximate surface area is 230 Å². The Morgan fingerprint density at radius 1 is 1.12 bits per heavy atom. The Kier molecular flexibility index (Phi) is 6.53. The van der Waals surface area contributed by atoms with Gasteiger partial charge in [-0.1, -0.05) is 11.3 Å². The molecule has 0 amide bonds. The summed E-state index contributed by atoms with van der Waals surface area (Å²) in [5, 5.41) is 9.24. The molecule has 0 radical (unpaired) electrons. The molecule has 4 aromatic rings. The molecule has 17 heteroatoms. The van der Waals surface area contributed by atoms with Gasteiger partial charge in [0.2, 0.25) is 15.0 Å². The first-order valence-electron chi connectivity index (χ1n) is 11.6. The van der Waals surface area contributed by atoms with Gasteiger partial charge in [-0.3, -0.25) is 14.5 Å². The molecule has 1 fully saturated rings. The predicted molar refractivity (Wildman–Crippen MR) is 139 cm³/mol. The zero-order valence-electron chi connectivity index (χ0n) is 21.1. The lowest BCUT2D eigenvalue weighted by atomic mass is 10.1. The average molecular weight is 612 g/mol. The molecule has 210 valence electrons. The summed E-state index contributed by atoms with van der Waals surface area (Å²) in [6.45, 7) is 10.4. The van der Waals surface area contributed by atoms with Gasteiger partial charge in [0.15, 0.2) is 14.8 Å². The van der Waals surface area contributed by atoms with Crippen LogP contribution in [0.2, 0.25) is 0 Å². The van der Waals surface area contributed by atoms with Crippen molar-refractivity contribution in [2.75, 3.05) is 0 Å². The number of alkyl halides is 3. The molecule has 0 aliphatic heterocycles. The van der Waals surface area contributed by atoms with Crippen molar-refractivity contribution >= 4 is 42.1 Å². The van der Waals surface area contributed by atoms with E-state index >= 15 is 0 Å². The van der Waals surface area contributed by atoms with Crippen molar-refractivity contribution in [3.05, 3.63) is 46.9 Å². The molecule has 40 heavy (non-hydrogen) atoms. The van der Waals surface area contributed by atoms with Crippen LogP contribution in [0.4, 0.5) is 13.2 Å². The minimum Gasteiger partial charge on any atom is -0.292 e. The third kappa shape index (κ3) is 4.85. The Balaban J connectivity index is 1.74. The normalized spacial score (nSPS) is 15.4. The molecule has 1 N–H and O–H groups in total. The molecular weight excluding hydrogens is 591 g/mol. The second-order valence-electron chi connectivity index (χ2n) is 9.47. The second kappa shape index (κ2) is 9.29. The van der Waals surface area contributed by atoms with E-state index in [4.69, 9.17) is 6.57 Å². The van der Waals surface area contributed by atoms with E-state index in [1.807, 2.05) is 0 Å². The van der Waals surface area contributed by atoms with E-state index in [1.165, 1.54) is 49.8 Å². The third-order valence-corrected chi connectivity index (χ3v) is 10.9. The molecule has 3 heterocycles. The maximum absolute atomic E-state index is 13.4. The molecular formula is C23H20F3N7O4S3. The summed E-state index contributed by atoms with van der Waals surface area (Å²) >= 11 is 0.257. The van der Waals surface area contributed by atoms with Crippen LogP contribution in [-0.2, 0) is 33.1 Å². The Hall–Kier alpha value is -3.46. The number of aromatic nitrogens is 5. The maximum Gasteiger partial charge on any atom is 0.445 e. The van der Waals surface area contributed by atoms with Crippen LogP contribution in [0.5, 0.6) is 0 Å². The molecule has 1 saturated carbocycles. The predicted octanol–water partition coefficient (Wildman–Crippen LogP) is 4.04. The van der Waals surface area contributed by atoms with Crippen molar-refractivity contribution in [2.45, 2.75) is 53.6 Å².